The van der Waals surface area contributed by atoms with Crippen molar-refractivity contribution in [1.29, 1.82) is 0 Å². The molecule has 0 aliphatic rings. The first-order valence-electron chi connectivity index (χ1n) is 4.23. The summed E-state index contributed by atoms with van der Waals surface area (Å²) in [5.41, 5.74) is 0. The van der Waals surface area contributed by atoms with Crippen LogP contribution in [0, 0.1) is 6.92 Å². The molecule has 0 bridgehead atoms. The fraction of sp³-hybridized carbons (Fsp3) is 0.750. The van der Waals surface area contributed by atoms with Gasteiger partial charge >= 0.3 is 0 Å². The zero-order valence-corrected chi connectivity index (χ0v) is 9.02. The van der Waals surface area contributed by atoms with E-state index in [4.69, 9.17) is 4.42 Å². The van der Waals surface area contributed by atoms with Gasteiger partial charge in [0, 0.05) is 18.7 Å². The molecule has 0 spiro atoms. The Balaban J connectivity index is 2.26. The standard InChI is InChI=1S/C8H15N3OS/c1-6(5-13-3)9-4-8-11-10-7(2)12-8/h6,9H,4-5H2,1-3H3. The van der Waals surface area contributed by atoms with Crippen molar-refractivity contribution in [2.75, 3.05) is 12.0 Å². The molecule has 1 N–H and O–H groups in total. The van der Waals surface area contributed by atoms with Gasteiger partial charge in [0.1, 0.15) is 0 Å². The molecule has 4 nitrogen and oxygen atoms in total. The van der Waals surface area contributed by atoms with E-state index in [9.17, 15) is 0 Å². The van der Waals surface area contributed by atoms with Crippen molar-refractivity contribution >= 4 is 11.8 Å². The van der Waals surface area contributed by atoms with Gasteiger partial charge < -0.3 is 9.73 Å². The molecule has 1 aromatic heterocycles. The van der Waals surface area contributed by atoms with Gasteiger partial charge in [0.05, 0.1) is 6.54 Å². The van der Waals surface area contributed by atoms with Crippen LogP contribution >= 0.6 is 11.8 Å². The fourth-order valence-corrected chi connectivity index (χ4v) is 1.60. The predicted molar refractivity (Wildman–Crippen MR) is 53.7 cm³/mol. The van der Waals surface area contributed by atoms with E-state index in [0.717, 1.165) is 5.75 Å². The molecular weight excluding hydrogens is 186 g/mol. The molecule has 1 atom stereocenters. The minimum Gasteiger partial charge on any atom is -0.424 e. The summed E-state index contributed by atoms with van der Waals surface area (Å²) in [7, 11) is 0. The largest absolute Gasteiger partial charge is 0.424 e. The predicted octanol–water partition coefficient (Wildman–Crippen LogP) is 1.22. The first-order chi connectivity index (χ1) is 6.22. The van der Waals surface area contributed by atoms with Crippen molar-refractivity contribution in [3.63, 3.8) is 0 Å². The molecule has 0 aromatic carbocycles. The van der Waals surface area contributed by atoms with Crippen molar-refractivity contribution in [1.82, 2.24) is 15.5 Å². The van der Waals surface area contributed by atoms with E-state index in [1.165, 1.54) is 0 Å². The van der Waals surface area contributed by atoms with Gasteiger partial charge in [0.15, 0.2) is 0 Å². The Hall–Kier alpha value is -0.550. The first-order valence-corrected chi connectivity index (χ1v) is 5.63. The van der Waals surface area contributed by atoms with Crippen LogP contribution in [0.3, 0.4) is 0 Å². The topological polar surface area (TPSA) is 51.0 Å². The highest BCUT2D eigenvalue weighted by molar-refractivity contribution is 7.98. The maximum absolute atomic E-state index is 5.22. The molecule has 0 radical (unpaired) electrons. The lowest BCUT2D eigenvalue weighted by Gasteiger charge is -2.09. The van der Waals surface area contributed by atoms with E-state index >= 15 is 0 Å². The van der Waals surface area contributed by atoms with E-state index in [1.54, 1.807) is 6.92 Å². The summed E-state index contributed by atoms with van der Waals surface area (Å²) in [5, 5.41) is 10.9. The van der Waals surface area contributed by atoms with Crippen LogP contribution in [0.2, 0.25) is 0 Å². The normalized spacial score (nSPS) is 13.2. The number of thioether (sulfide) groups is 1. The molecule has 1 unspecified atom stereocenters. The van der Waals surface area contributed by atoms with Gasteiger partial charge in [-0.25, -0.2) is 0 Å². The van der Waals surface area contributed by atoms with E-state index in [-0.39, 0.29) is 0 Å². The number of rotatable bonds is 5. The van der Waals surface area contributed by atoms with Crippen LogP contribution in [0.1, 0.15) is 18.7 Å². The SMILES string of the molecule is CSCC(C)NCc1nnc(C)o1. The van der Waals surface area contributed by atoms with Gasteiger partial charge in [-0.05, 0) is 13.2 Å². The number of aromatic nitrogens is 2. The molecule has 74 valence electrons. The fourth-order valence-electron chi connectivity index (χ4n) is 0.979. The lowest BCUT2D eigenvalue weighted by Crippen LogP contribution is -2.27. The zero-order valence-electron chi connectivity index (χ0n) is 8.20. The molecule has 0 fully saturated rings. The third-order valence-electron chi connectivity index (χ3n) is 1.59. The summed E-state index contributed by atoms with van der Waals surface area (Å²) in [6, 6.07) is 0.474. The van der Waals surface area contributed by atoms with E-state index in [2.05, 4.69) is 28.7 Å². The molecule has 0 saturated heterocycles. The van der Waals surface area contributed by atoms with Crippen molar-refractivity contribution in [2.24, 2.45) is 0 Å². The van der Waals surface area contributed by atoms with Gasteiger partial charge in [-0.15, -0.1) is 10.2 Å². The third kappa shape index (κ3) is 3.78. The quantitative estimate of drug-likeness (QED) is 0.776. The van der Waals surface area contributed by atoms with E-state index in [1.807, 2.05) is 11.8 Å². The molecule has 1 heterocycles. The Morgan fingerprint density at radius 2 is 2.31 bits per heavy atom. The summed E-state index contributed by atoms with van der Waals surface area (Å²) >= 11 is 1.82. The molecular formula is C8H15N3OS. The molecule has 0 saturated carbocycles. The Labute approximate surface area is 82.5 Å². The summed E-state index contributed by atoms with van der Waals surface area (Å²) in [6.07, 6.45) is 2.09. The van der Waals surface area contributed by atoms with Gasteiger partial charge in [-0.3, -0.25) is 0 Å². The van der Waals surface area contributed by atoms with Crippen molar-refractivity contribution in [3.8, 4) is 0 Å². The highest BCUT2D eigenvalue weighted by atomic mass is 32.2. The molecule has 0 aliphatic heterocycles. The van der Waals surface area contributed by atoms with E-state index < -0.39 is 0 Å². The van der Waals surface area contributed by atoms with Crippen LogP contribution in [0.4, 0.5) is 0 Å². The summed E-state index contributed by atoms with van der Waals surface area (Å²) in [5.74, 6) is 2.37. The van der Waals surface area contributed by atoms with Crippen molar-refractivity contribution in [3.05, 3.63) is 11.8 Å². The van der Waals surface area contributed by atoms with Crippen LogP contribution in [-0.4, -0.2) is 28.2 Å². The smallest absolute Gasteiger partial charge is 0.230 e. The molecule has 1 rings (SSSR count). The Morgan fingerprint density at radius 1 is 1.54 bits per heavy atom. The summed E-state index contributed by atoms with van der Waals surface area (Å²) in [4.78, 5) is 0. The molecule has 13 heavy (non-hydrogen) atoms. The lowest BCUT2D eigenvalue weighted by molar-refractivity contribution is 0.435. The van der Waals surface area contributed by atoms with Crippen molar-refractivity contribution < 1.29 is 4.42 Å². The zero-order chi connectivity index (χ0) is 9.68. The van der Waals surface area contributed by atoms with Crippen LogP contribution < -0.4 is 5.32 Å². The highest BCUT2D eigenvalue weighted by Crippen LogP contribution is 2.00. The maximum atomic E-state index is 5.22. The second kappa shape index (κ2) is 5.24. The Bertz CT molecular complexity index is 251. The number of hydrogen-bond donors (Lipinski definition) is 1. The second-order valence-corrected chi connectivity index (χ2v) is 3.86. The van der Waals surface area contributed by atoms with Crippen LogP contribution in [0.5, 0.6) is 0 Å². The Morgan fingerprint density at radius 3 is 2.85 bits per heavy atom. The summed E-state index contributed by atoms with van der Waals surface area (Å²) < 4.78 is 5.22. The molecule has 5 heteroatoms. The van der Waals surface area contributed by atoms with Crippen LogP contribution in [0.15, 0.2) is 4.42 Å². The summed E-state index contributed by atoms with van der Waals surface area (Å²) in [6.45, 7) is 4.59. The monoisotopic (exact) mass is 201 g/mol. The minimum absolute atomic E-state index is 0.474. The van der Waals surface area contributed by atoms with Gasteiger partial charge in [-0.1, -0.05) is 0 Å². The maximum Gasteiger partial charge on any atom is 0.230 e. The van der Waals surface area contributed by atoms with Gasteiger partial charge in [-0.2, -0.15) is 11.8 Å². The second-order valence-electron chi connectivity index (χ2n) is 2.95. The average Bonchev–Trinajstić information content (AvgIpc) is 2.49. The lowest BCUT2D eigenvalue weighted by atomic mass is 10.4. The number of aryl methyl sites for hydroxylation is 1. The highest BCUT2D eigenvalue weighted by Gasteiger charge is 2.04. The van der Waals surface area contributed by atoms with Gasteiger partial charge in [0.2, 0.25) is 11.8 Å². The van der Waals surface area contributed by atoms with E-state index in [0.29, 0.717) is 24.4 Å². The molecule has 1 aromatic rings. The first kappa shape index (κ1) is 10.5. The molecule has 0 aliphatic carbocycles. The average molecular weight is 201 g/mol. The van der Waals surface area contributed by atoms with Gasteiger partial charge in [0.25, 0.3) is 0 Å². The van der Waals surface area contributed by atoms with Crippen LogP contribution in [0.25, 0.3) is 0 Å². The molecule has 0 amide bonds. The number of nitrogens with one attached hydrogen (secondary N) is 1. The van der Waals surface area contributed by atoms with Crippen LogP contribution in [-0.2, 0) is 6.54 Å². The number of hydrogen-bond acceptors (Lipinski definition) is 5. The number of nitrogens with zero attached hydrogens (tertiary/aromatic N) is 2. The minimum atomic E-state index is 0.474. The third-order valence-corrected chi connectivity index (χ3v) is 2.42. The van der Waals surface area contributed by atoms with Crippen molar-refractivity contribution in [2.45, 2.75) is 26.4 Å². The Kier molecular flexibility index (Phi) is 4.24.